The van der Waals surface area contributed by atoms with E-state index < -0.39 is 0 Å². The number of anilines is 1. The van der Waals surface area contributed by atoms with Crippen molar-refractivity contribution in [3.8, 4) is 0 Å². The van der Waals surface area contributed by atoms with Crippen LogP contribution in [0.2, 0.25) is 0 Å². The van der Waals surface area contributed by atoms with Gasteiger partial charge in [-0.2, -0.15) is 0 Å². The molecule has 2 aromatic carbocycles. The molecule has 26 heavy (non-hydrogen) atoms. The van der Waals surface area contributed by atoms with Crippen LogP contribution >= 0.6 is 0 Å². The second kappa shape index (κ2) is 8.65. The summed E-state index contributed by atoms with van der Waals surface area (Å²) in [5.41, 5.74) is 3.11. The van der Waals surface area contributed by atoms with E-state index in [0.717, 1.165) is 36.9 Å². The van der Waals surface area contributed by atoms with Crippen LogP contribution in [0.15, 0.2) is 54.6 Å². The fourth-order valence-corrected chi connectivity index (χ4v) is 3.43. The van der Waals surface area contributed by atoms with E-state index >= 15 is 0 Å². The summed E-state index contributed by atoms with van der Waals surface area (Å²) in [5.74, 6) is 0.180. The summed E-state index contributed by atoms with van der Waals surface area (Å²) in [6.07, 6.45) is 3.07. The molecule has 0 aromatic heterocycles. The number of amides is 2. The predicted molar refractivity (Wildman–Crippen MR) is 104 cm³/mol. The molecular weight excluding hydrogens is 324 g/mol. The number of hydrogen-bond donors (Lipinski definition) is 2. The zero-order valence-electron chi connectivity index (χ0n) is 15.2. The lowest BCUT2D eigenvalue weighted by molar-refractivity contribution is -0.128. The predicted octanol–water partition coefficient (Wildman–Crippen LogP) is 4.06. The lowest BCUT2D eigenvalue weighted by Gasteiger charge is -2.27. The normalized spacial score (nSPS) is 19.6. The molecule has 2 aromatic rings. The zero-order valence-corrected chi connectivity index (χ0v) is 15.2. The summed E-state index contributed by atoms with van der Waals surface area (Å²) in [5, 5.41) is 6.01. The van der Waals surface area contributed by atoms with Gasteiger partial charge >= 0.3 is 0 Å². The maximum Gasteiger partial charge on any atom is 0.227 e. The Hall–Kier alpha value is -2.62. The Bertz CT molecular complexity index is 732. The number of carbonyl (C=O) groups excluding carboxylic acids is 2. The molecule has 4 nitrogen and oxygen atoms in total. The minimum Gasteiger partial charge on any atom is -0.352 e. The van der Waals surface area contributed by atoms with Gasteiger partial charge < -0.3 is 10.6 Å². The van der Waals surface area contributed by atoms with E-state index in [1.165, 1.54) is 5.56 Å². The number of aryl methyl sites for hydroxylation is 1. The van der Waals surface area contributed by atoms with Crippen molar-refractivity contribution in [2.24, 2.45) is 11.8 Å². The standard InChI is InChI=1S/C22H26N2O2/c1-16-7-13-20(14-8-16)24-22(26)19-11-9-18(10-12-19)21(25)23-15-17-5-3-2-4-6-17/h2-8,13-14,18-19H,9-12,15H2,1H3,(H,23,25)(H,24,26). The molecule has 1 aliphatic rings. The monoisotopic (exact) mass is 350 g/mol. The lowest BCUT2D eigenvalue weighted by atomic mass is 9.81. The SMILES string of the molecule is Cc1ccc(NC(=O)C2CCC(C(=O)NCc3ccccc3)CC2)cc1. The van der Waals surface area contributed by atoms with Crippen molar-refractivity contribution in [3.05, 3.63) is 65.7 Å². The zero-order chi connectivity index (χ0) is 18.4. The molecule has 0 unspecified atom stereocenters. The van der Waals surface area contributed by atoms with Crippen LogP contribution in [0.3, 0.4) is 0 Å². The fraction of sp³-hybridized carbons (Fsp3) is 0.364. The van der Waals surface area contributed by atoms with Crippen molar-refractivity contribution < 1.29 is 9.59 Å². The van der Waals surface area contributed by atoms with Gasteiger partial charge in [0.1, 0.15) is 0 Å². The van der Waals surface area contributed by atoms with E-state index in [0.29, 0.717) is 6.54 Å². The Morgan fingerprint density at radius 1 is 0.846 bits per heavy atom. The average Bonchev–Trinajstić information content (AvgIpc) is 2.69. The quantitative estimate of drug-likeness (QED) is 0.854. The van der Waals surface area contributed by atoms with Gasteiger partial charge in [-0.1, -0.05) is 48.0 Å². The van der Waals surface area contributed by atoms with Gasteiger partial charge in [0.25, 0.3) is 0 Å². The van der Waals surface area contributed by atoms with Crippen LogP contribution in [0.5, 0.6) is 0 Å². The van der Waals surface area contributed by atoms with Gasteiger partial charge in [-0.15, -0.1) is 0 Å². The number of benzene rings is 2. The minimum absolute atomic E-state index is 0.00511. The molecule has 4 heteroatoms. The first-order valence-corrected chi connectivity index (χ1v) is 9.31. The first kappa shape index (κ1) is 18.2. The van der Waals surface area contributed by atoms with Crippen molar-refractivity contribution >= 4 is 17.5 Å². The Kier molecular flexibility index (Phi) is 6.05. The molecule has 0 spiro atoms. The molecule has 1 fully saturated rings. The minimum atomic E-state index is -0.00511. The smallest absolute Gasteiger partial charge is 0.227 e. The number of nitrogens with one attached hydrogen (secondary N) is 2. The van der Waals surface area contributed by atoms with E-state index in [9.17, 15) is 9.59 Å². The summed E-state index contributed by atoms with van der Waals surface area (Å²) in [6, 6.07) is 17.8. The van der Waals surface area contributed by atoms with Crippen molar-refractivity contribution in [1.82, 2.24) is 5.32 Å². The van der Waals surface area contributed by atoms with Crippen LogP contribution in [0.25, 0.3) is 0 Å². The van der Waals surface area contributed by atoms with Gasteiger partial charge in [-0.05, 0) is 50.3 Å². The third-order valence-corrected chi connectivity index (χ3v) is 5.10. The first-order valence-electron chi connectivity index (χ1n) is 9.31. The molecule has 0 bridgehead atoms. The third kappa shape index (κ3) is 4.94. The fourth-order valence-electron chi connectivity index (χ4n) is 3.43. The second-order valence-corrected chi connectivity index (χ2v) is 7.11. The molecule has 1 saturated carbocycles. The highest BCUT2D eigenvalue weighted by Crippen LogP contribution is 2.30. The maximum atomic E-state index is 12.4. The van der Waals surface area contributed by atoms with Crippen LogP contribution in [0.4, 0.5) is 5.69 Å². The van der Waals surface area contributed by atoms with Crippen LogP contribution in [0.1, 0.15) is 36.8 Å². The summed E-state index contributed by atoms with van der Waals surface area (Å²) < 4.78 is 0. The summed E-state index contributed by atoms with van der Waals surface area (Å²) >= 11 is 0. The average molecular weight is 350 g/mol. The van der Waals surface area contributed by atoms with Crippen molar-refractivity contribution in [3.63, 3.8) is 0 Å². The van der Waals surface area contributed by atoms with Crippen LogP contribution in [-0.2, 0) is 16.1 Å². The maximum absolute atomic E-state index is 12.4. The highest BCUT2D eigenvalue weighted by atomic mass is 16.2. The van der Waals surface area contributed by atoms with E-state index in [4.69, 9.17) is 0 Å². The van der Waals surface area contributed by atoms with E-state index in [1.54, 1.807) is 0 Å². The molecule has 0 aliphatic heterocycles. The van der Waals surface area contributed by atoms with Crippen LogP contribution in [0, 0.1) is 18.8 Å². The van der Waals surface area contributed by atoms with Crippen molar-refractivity contribution in [2.75, 3.05) is 5.32 Å². The Balaban J connectivity index is 1.43. The Labute approximate surface area is 155 Å². The van der Waals surface area contributed by atoms with Gasteiger partial charge in [-0.25, -0.2) is 0 Å². The largest absolute Gasteiger partial charge is 0.352 e. The van der Waals surface area contributed by atoms with E-state index in [-0.39, 0.29) is 23.7 Å². The van der Waals surface area contributed by atoms with E-state index in [2.05, 4.69) is 10.6 Å². The van der Waals surface area contributed by atoms with Crippen LogP contribution in [-0.4, -0.2) is 11.8 Å². The first-order chi connectivity index (χ1) is 12.6. The number of rotatable bonds is 5. The van der Waals surface area contributed by atoms with Crippen molar-refractivity contribution in [2.45, 2.75) is 39.2 Å². The van der Waals surface area contributed by atoms with Crippen LogP contribution < -0.4 is 10.6 Å². The Morgan fingerprint density at radius 3 is 2.04 bits per heavy atom. The molecule has 1 aliphatic carbocycles. The number of carbonyl (C=O) groups is 2. The molecule has 136 valence electrons. The van der Waals surface area contributed by atoms with Gasteiger partial charge in [0.2, 0.25) is 11.8 Å². The summed E-state index contributed by atoms with van der Waals surface area (Å²) in [6.45, 7) is 2.59. The third-order valence-electron chi connectivity index (χ3n) is 5.10. The highest BCUT2D eigenvalue weighted by Gasteiger charge is 2.29. The molecule has 0 atom stereocenters. The highest BCUT2D eigenvalue weighted by molar-refractivity contribution is 5.92. The summed E-state index contributed by atoms with van der Waals surface area (Å²) in [4.78, 5) is 24.8. The Morgan fingerprint density at radius 2 is 1.42 bits per heavy atom. The number of hydrogen-bond acceptors (Lipinski definition) is 2. The molecular formula is C22H26N2O2. The lowest BCUT2D eigenvalue weighted by Crippen LogP contribution is -2.35. The van der Waals surface area contributed by atoms with Gasteiger partial charge in [0.15, 0.2) is 0 Å². The molecule has 3 rings (SSSR count). The van der Waals surface area contributed by atoms with Gasteiger partial charge in [0, 0.05) is 24.1 Å². The molecule has 0 heterocycles. The molecule has 2 N–H and O–H groups in total. The van der Waals surface area contributed by atoms with Crippen molar-refractivity contribution in [1.29, 1.82) is 0 Å². The second-order valence-electron chi connectivity index (χ2n) is 7.11. The molecule has 2 amide bonds. The molecule has 0 saturated heterocycles. The van der Waals surface area contributed by atoms with Gasteiger partial charge in [-0.3, -0.25) is 9.59 Å². The molecule has 0 radical (unpaired) electrons. The van der Waals surface area contributed by atoms with Gasteiger partial charge in [0.05, 0.1) is 0 Å². The van der Waals surface area contributed by atoms with E-state index in [1.807, 2.05) is 61.5 Å². The topological polar surface area (TPSA) is 58.2 Å². The summed E-state index contributed by atoms with van der Waals surface area (Å²) in [7, 11) is 0.